The molecule has 2 atom stereocenters. The molecule has 1 saturated heterocycles. The number of hydrogen-bond donors (Lipinski definition) is 0. The second-order valence-electron chi connectivity index (χ2n) is 5.80. The molecule has 1 amide bonds. The van der Waals surface area contributed by atoms with Crippen molar-refractivity contribution < 1.29 is 14.1 Å². The molecule has 1 fully saturated rings. The zero-order valence-electron chi connectivity index (χ0n) is 13.1. The van der Waals surface area contributed by atoms with E-state index >= 15 is 0 Å². The summed E-state index contributed by atoms with van der Waals surface area (Å²) >= 11 is 0. The molecule has 116 valence electrons. The van der Waals surface area contributed by atoms with Crippen LogP contribution in [0.25, 0.3) is 11.3 Å². The maximum Gasteiger partial charge on any atom is 0.259 e. The summed E-state index contributed by atoms with van der Waals surface area (Å²) in [6.07, 6.45) is 0.0704. The van der Waals surface area contributed by atoms with Gasteiger partial charge in [-0.05, 0) is 20.8 Å². The Balaban J connectivity index is 1.95. The second-order valence-corrected chi connectivity index (χ2v) is 5.80. The highest BCUT2D eigenvalue weighted by Crippen LogP contribution is 2.27. The molecule has 0 bridgehead atoms. The maximum atomic E-state index is 12.9. The normalized spacial score (nSPS) is 21.9. The molecule has 3 rings (SSSR count). The number of morpholine rings is 1. The van der Waals surface area contributed by atoms with Crippen molar-refractivity contribution in [3.8, 4) is 11.3 Å². The van der Waals surface area contributed by atoms with E-state index in [1.807, 2.05) is 49.1 Å². The average Bonchev–Trinajstić information content (AvgIpc) is 2.88. The number of amides is 1. The van der Waals surface area contributed by atoms with E-state index in [-0.39, 0.29) is 18.1 Å². The van der Waals surface area contributed by atoms with Gasteiger partial charge in [0.2, 0.25) is 0 Å². The predicted octanol–water partition coefficient (Wildman–Crippen LogP) is 2.90. The lowest BCUT2D eigenvalue weighted by atomic mass is 10.0. The Bertz CT molecular complexity index is 656. The number of aryl methyl sites for hydroxylation is 1. The Morgan fingerprint density at radius 2 is 1.82 bits per heavy atom. The van der Waals surface area contributed by atoms with Crippen LogP contribution in [0.15, 0.2) is 34.9 Å². The quantitative estimate of drug-likeness (QED) is 0.855. The van der Waals surface area contributed by atoms with Crippen LogP contribution in [-0.4, -0.2) is 41.3 Å². The summed E-state index contributed by atoms with van der Waals surface area (Å²) in [6, 6.07) is 9.64. The topological polar surface area (TPSA) is 55.6 Å². The van der Waals surface area contributed by atoms with E-state index in [2.05, 4.69) is 5.16 Å². The highest BCUT2D eigenvalue weighted by molar-refractivity contribution is 6.00. The Morgan fingerprint density at radius 3 is 2.45 bits per heavy atom. The third-order valence-corrected chi connectivity index (χ3v) is 3.83. The molecule has 22 heavy (non-hydrogen) atoms. The fraction of sp³-hybridized carbons (Fsp3) is 0.412. The highest BCUT2D eigenvalue weighted by atomic mass is 16.5. The molecule has 5 heteroatoms. The van der Waals surface area contributed by atoms with Crippen LogP contribution in [-0.2, 0) is 4.74 Å². The van der Waals surface area contributed by atoms with Gasteiger partial charge in [-0.3, -0.25) is 4.79 Å². The van der Waals surface area contributed by atoms with Crippen molar-refractivity contribution >= 4 is 5.91 Å². The molecule has 0 spiro atoms. The van der Waals surface area contributed by atoms with Gasteiger partial charge in [0.15, 0.2) is 0 Å². The van der Waals surface area contributed by atoms with E-state index in [0.717, 1.165) is 5.56 Å². The van der Waals surface area contributed by atoms with Gasteiger partial charge in [0.1, 0.15) is 17.0 Å². The largest absolute Gasteiger partial charge is 0.372 e. The van der Waals surface area contributed by atoms with Crippen LogP contribution in [0.5, 0.6) is 0 Å². The first-order chi connectivity index (χ1) is 10.6. The lowest BCUT2D eigenvalue weighted by Gasteiger charge is -2.35. The fourth-order valence-electron chi connectivity index (χ4n) is 2.92. The van der Waals surface area contributed by atoms with Crippen molar-refractivity contribution in [2.75, 3.05) is 13.1 Å². The molecule has 2 heterocycles. The Labute approximate surface area is 129 Å². The molecular formula is C17H20N2O3. The summed E-state index contributed by atoms with van der Waals surface area (Å²) in [5.41, 5.74) is 2.04. The number of nitrogens with zero attached hydrogens (tertiary/aromatic N) is 2. The van der Waals surface area contributed by atoms with Crippen molar-refractivity contribution in [1.82, 2.24) is 10.1 Å². The van der Waals surface area contributed by atoms with Gasteiger partial charge in [-0.1, -0.05) is 35.5 Å². The predicted molar refractivity (Wildman–Crippen MR) is 82.6 cm³/mol. The van der Waals surface area contributed by atoms with Crippen molar-refractivity contribution in [2.24, 2.45) is 0 Å². The summed E-state index contributed by atoms with van der Waals surface area (Å²) < 4.78 is 11.0. The molecule has 0 radical (unpaired) electrons. The minimum absolute atomic E-state index is 0.0352. The van der Waals surface area contributed by atoms with Gasteiger partial charge in [0.25, 0.3) is 5.91 Å². The number of aromatic nitrogens is 1. The highest BCUT2D eigenvalue weighted by Gasteiger charge is 2.31. The molecule has 5 nitrogen and oxygen atoms in total. The van der Waals surface area contributed by atoms with Gasteiger partial charge >= 0.3 is 0 Å². The Kier molecular flexibility index (Phi) is 3.98. The fourth-order valence-corrected chi connectivity index (χ4v) is 2.92. The minimum atomic E-state index is -0.0420. The monoisotopic (exact) mass is 300 g/mol. The van der Waals surface area contributed by atoms with Gasteiger partial charge in [-0.2, -0.15) is 0 Å². The summed E-state index contributed by atoms with van der Waals surface area (Å²) in [7, 11) is 0. The lowest BCUT2D eigenvalue weighted by molar-refractivity contribution is -0.0586. The molecule has 0 N–H and O–H groups in total. The standard InChI is InChI=1S/C17H20N2O3/c1-11-9-19(10-12(2)21-11)17(20)15-13(3)22-18-16(15)14-7-5-4-6-8-14/h4-8,11-12H,9-10H2,1-3H3/t11-,12-/m1/s1. The van der Waals surface area contributed by atoms with Crippen molar-refractivity contribution in [3.63, 3.8) is 0 Å². The zero-order chi connectivity index (χ0) is 15.7. The van der Waals surface area contributed by atoms with E-state index in [9.17, 15) is 4.79 Å². The number of carbonyl (C=O) groups excluding carboxylic acids is 1. The number of hydrogen-bond acceptors (Lipinski definition) is 4. The number of benzene rings is 1. The molecule has 0 aliphatic carbocycles. The van der Waals surface area contributed by atoms with Gasteiger partial charge in [0, 0.05) is 18.7 Å². The van der Waals surface area contributed by atoms with Crippen molar-refractivity contribution in [3.05, 3.63) is 41.7 Å². The second kappa shape index (κ2) is 5.93. The first-order valence-electron chi connectivity index (χ1n) is 7.52. The summed E-state index contributed by atoms with van der Waals surface area (Å²) in [5.74, 6) is 0.509. The van der Waals surface area contributed by atoms with Crippen molar-refractivity contribution in [1.29, 1.82) is 0 Å². The SMILES string of the molecule is Cc1onc(-c2ccccc2)c1C(=O)N1C[C@@H](C)O[C@H](C)C1. The zero-order valence-corrected chi connectivity index (χ0v) is 13.1. The molecule has 2 aromatic rings. The Morgan fingerprint density at radius 1 is 1.18 bits per heavy atom. The van der Waals surface area contributed by atoms with Crippen LogP contribution in [0.4, 0.5) is 0 Å². The van der Waals surface area contributed by atoms with Crippen LogP contribution in [0.1, 0.15) is 30.0 Å². The van der Waals surface area contributed by atoms with E-state index < -0.39 is 0 Å². The van der Waals surface area contributed by atoms with E-state index in [0.29, 0.717) is 30.1 Å². The summed E-state index contributed by atoms with van der Waals surface area (Å²) in [5, 5.41) is 4.09. The number of ether oxygens (including phenoxy) is 1. The summed E-state index contributed by atoms with van der Waals surface area (Å²) in [4.78, 5) is 14.8. The lowest BCUT2D eigenvalue weighted by Crippen LogP contribution is -2.48. The molecule has 1 aromatic carbocycles. The molecule has 0 saturated carbocycles. The van der Waals surface area contributed by atoms with Crippen LogP contribution >= 0.6 is 0 Å². The molecule has 0 unspecified atom stereocenters. The van der Waals surface area contributed by atoms with Gasteiger partial charge in [0.05, 0.1) is 12.2 Å². The van der Waals surface area contributed by atoms with E-state index in [1.165, 1.54) is 0 Å². The van der Waals surface area contributed by atoms with Crippen molar-refractivity contribution in [2.45, 2.75) is 33.0 Å². The van der Waals surface area contributed by atoms with Gasteiger partial charge in [-0.15, -0.1) is 0 Å². The first kappa shape index (κ1) is 14.8. The molecule has 1 aliphatic heterocycles. The molecular weight excluding hydrogens is 280 g/mol. The summed E-state index contributed by atoms with van der Waals surface area (Å²) in [6.45, 7) is 6.91. The number of rotatable bonds is 2. The van der Waals surface area contributed by atoms with Crippen LogP contribution in [0, 0.1) is 6.92 Å². The van der Waals surface area contributed by atoms with Gasteiger partial charge in [-0.25, -0.2) is 0 Å². The Hall–Kier alpha value is -2.14. The van der Waals surface area contributed by atoms with Gasteiger partial charge < -0.3 is 14.2 Å². The van der Waals surface area contributed by atoms with E-state index in [4.69, 9.17) is 9.26 Å². The minimum Gasteiger partial charge on any atom is -0.372 e. The van der Waals surface area contributed by atoms with Crippen LogP contribution in [0.2, 0.25) is 0 Å². The third kappa shape index (κ3) is 2.76. The average molecular weight is 300 g/mol. The maximum absolute atomic E-state index is 12.9. The molecule has 1 aliphatic rings. The van der Waals surface area contributed by atoms with E-state index in [1.54, 1.807) is 6.92 Å². The first-order valence-corrected chi connectivity index (χ1v) is 7.52. The van der Waals surface area contributed by atoms with Crippen LogP contribution in [0.3, 0.4) is 0 Å². The van der Waals surface area contributed by atoms with Crippen LogP contribution < -0.4 is 0 Å². The smallest absolute Gasteiger partial charge is 0.259 e. The molecule has 1 aromatic heterocycles. The third-order valence-electron chi connectivity index (χ3n) is 3.83. The number of carbonyl (C=O) groups is 1.